The number of nitrogens with zero attached hydrogens (tertiary/aromatic N) is 3. The number of hydrogen-bond donors (Lipinski definition) is 2. The Hall–Kier alpha value is -3.48. The summed E-state index contributed by atoms with van der Waals surface area (Å²) in [6, 6.07) is 13.4. The lowest BCUT2D eigenvalue weighted by molar-refractivity contribution is -0.119. The monoisotopic (exact) mass is 465 g/mol. The molecule has 1 aromatic carbocycles. The van der Waals surface area contributed by atoms with E-state index in [1.165, 1.54) is 0 Å². The maximum absolute atomic E-state index is 12.8. The average molecular weight is 466 g/mol. The van der Waals surface area contributed by atoms with Gasteiger partial charge in [-0.1, -0.05) is 12.1 Å². The van der Waals surface area contributed by atoms with E-state index in [-0.39, 0.29) is 24.9 Å². The van der Waals surface area contributed by atoms with Crippen molar-refractivity contribution >= 4 is 35.1 Å². The highest BCUT2D eigenvalue weighted by atomic mass is 32.2. The lowest BCUT2D eigenvalue weighted by Crippen LogP contribution is -2.36. The van der Waals surface area contributed by atoms with E-state index in [0.717, 1.165) is 21.8 Å². The van der Waals surface area contributed by atoms with Crippen LogP contribution in [-0.4, -0.2) is 47.7 Å². The van der Waals surface area contributed by atoms with Crippen molar-refractivity contribution < 1.29 is 14.0 Å². The summed E-state index contributed by atoms with van der Waals surface area (Å²) in [5.74, 6) is 0.620. The van der Waals surface area contributed by atoms with Crippen LogP contribution in [0.1, 0.15) is 22.6 Å². The zero-order valence-corrected chi connectivity index (χ0v) is 20.0. The molecule has 0 unspecified atom stereocenters. The molecule has 0 bridgehead atoms. The van der Waals surface area contributed by atoms with E-state index < -0.39 is 0 Å². The first-order chi connectivity index (χ1) is 15.8. The molecule has 9 heteroatoms. The molecule has 0 saturated carbocycles. The van der Waals surface area contributed by atoms with Crippen LogP contribution in [0.5, 0.6) is 0 Å². The number of furan rings is 1. The molecule has 2 amide bonds. The zero-order chi connectivity index (χ0) is 24.0. The zero-order valence-electron chi connectivity index (χ0n) is 19.1. The number of carbonyl (C=O) groups is 2. The predicted octanol–water partition coefficient (Wildman–Crippen LogP) is 3.85. The number of nitriles is 1. The Morgan fingerprint density at radius 1 is 1.12 bits per heavy atom. The molecule has 172 valence electrons. The van der Waals surface area contributed by atoms with Crippen LogP contribution in [0.3, 0.4) is 0 Å². The molecule has 0 saturated heterocycles. The van der Waals surface area contributed by atoms with Gasteiger partial charge in [0.1, 0.15) is 17.6 Å². The fourth-order valence-corrected chi connectivity index (χ4v) is 4.10. The molecule has 3 rings (SSSR count). The highest BCUT2D eigenvalue weighted by Gasteiger charge is 2.21. The molecule has 0 aliphatic rings. The number of hydrogen-bond acceptors (Lipinski definition) is 6. The summed E-state index contributed by atoms with van der Waals surface area (Å²) in [7, 11) is 1.70. The number of rotatable bonds is 9. The molecule has 3 aromatic rings. The molecule has 0 spiro atoms. The van der Waals surface area contributed by atoms with Gasteiger partial charge in [0.2, 0.25) is 11.8 Å². The second-order valence-electron chi connectivity index (χ2n) is 7.68. The largest absolute Gasteiger partial charge is 0.467 e. The van der Waals surface area contributed by atoms with Gasteiger partial charge in [0, 0.05) is 10.6 Å². The van der Waals surface area contributed by atoms with Gasteiger partial charge in [0.25, 0.3) is 0 Å². The summed E-state index contributed by atoms with van der Waals surface area (Å²) in [6.07, 6.45) is 3.53. The molecule has 2 aromatic heterocycles. The van der Waals surface area contributed by atoms with Gasteiger partial charge in [-0.3, -0.25) is 14.5 Å². The number of carbonyl (C=O) groups excluding carboxylic acids is 2. The first kappa shape index (κ1) is 24.2. The number of likely N-dealkylation sites (N-methyl/N-ethyl adjacent to an activating group) is 1. The maximum atomic E-state index is 12.8. The molecule has 0 aliphatic heterocycles. The van der Waals surface area contributed by atoms with Crippen LogP contribution in [0.15, 0.2) is 52.0 Å². The summed E-state index contributed by atoms with van der Waals surface area (Å²) in [6.45, 7) is 4.19. The fourth-order valence-electron chi connectivity index (χ4n) is 3.54. The van der Waals surface area contributed by atoms with Gasteiger partial charge in [-0.05, 0) is 57.0 Å². The average Bonchev–Trinajstić information content (AvgIpc) is 3.36. The van der Waals surface area contributed by atoms with Crippen molar-refractivity contribution in [2.45, 2.75) is 25.3 Å². The molecular weight excluding hydrogens is 438 g/mol. The normalized spacial score (nSPS) is 10.8. The van der Waals surface area contributed by atoms with Crippen molar-refractivity contribution in [1.82, 2.24) is 9.47 Å². The van der Waals surface area contributed by atoms with E-state index in [4.69, 9.17) is 4.42 Å². The van der Waals surface area contributed by atoms with Gasteiger partial charge in [-0.25, -0.2) is 0 Å². The summed E-state index contributed by atoms with van der Waals surface area (Å²) in [5, 5.41) is 15.4. The Bertz CT molecular complexity index is 1180. The molecule has 0 radical (unpaired) electrons. The summed E-state index contributed by atoms with van der Waals surface area (Å²) in [5.41, 5.74) is 2.84. The molecular formula is C24H27N5O3S. The number of aromatic nitrogens is 1. The van der Waals surface area contributed by atoms with Crippen molar-refractivity contribution in [2.75, 3.05) is 37.0 Å². The fraction of sp³-hybridized carbons (Fsp3) is 0.292. The SMILES string of the molecule is CSc1ccccc1NC(=O)CN(C)CC(=O)Nc1c(C#N)c(C)c(C)n1Cc1ccco1. The van der Waals surface area contributed by atoms with Crippen molar-refractivity contribution in [3.05, 3.63) is 65.2 Å². The summed E-state index contributed by atoms with van der Waals surface area (Å²) >= 11 is 1.55. The minimum Gasteiger partial charge on any atom is -0.467 e. The van der Waals surface area contributed by atoms with Gasteiger partial charge < -0.3 is 19.6 Å². The highest BCUT2D eigenvalue weighted by Crippen LogP contribution is 2.27. The predicted molar refractivity (Wildman–Crippen MR) is 129 cm³/mol. The smallest absolute Gasteiger partial charge is 0.239 e. The highest BCUT2D eigenvalue weighted by molar-refractivity contribution is 7.98. The van der Waals surface area contributed by atoms with Crippen LogP contribution in [0, 0.1) is 25.2 Å². The Morgan fingerprint density at radius 3 is 2.45 bits per heavy atom. The lowest BCUT2D eigenvalue weighted by Gasteiger charge is -2.18. The van der Waals surface area contributed by atoms with E-state index in [2.05, 4.69) is 16.7 Å². The molecule has 33 heavy (non-hydrogen) atoms. The van der Waals surface area contributed by atoms with Gasteiger partial charge in [0.05, 0.1) is 37.1 Å². The molecule has 2 heterocycles. The van der Waals surface area contributed by atoms with Crippen molar-refractivity contribution in [3.63, 3.8) is 0 Å². The maximum Gasteiger partial charge on any atom is 0.239 e. The minimum absolute atomic E-state index is 0.00745. The van der Waals surface area contributed by atoms with E-state index in [0.29, 0.717) is 23.7 Å². The summed E-state index contributed by atoms with van der Waals surface area (Å²) < 4.78 is 7.30. The third-order valence-electron chi connectivity index (χ3n) is 5.30. The van der Waals surface area contributed by atoms with Crippen molar-refractivity contribution in [2.24, 2.45) is 0 Å². The first-order valence-corrected chi connectivity index (χ1v) is 11.6. The number of thioether (sulfide) groups is 1. The van der Waals surface area contributed by atoms with Gasteiger partial charge in [-0.2, -0.15) is 5.26 Å². The standard InChI is InChI=1S/C24H27N5O3S/c1-16-17(2)29(13-18-8-7-11-32-18)24(19(16)12-25)27-23(31)15-28(3)14-22(30)26-20-9-5-6-10-21(20)33-4/h5-11H,13-15H2,1-4H3,(H,26,30)(H,27,31). The van der Waals surface area contributed by atoms with Gasteiger partial charge >= 0.3 is 0 Å². The first-order valence-electron chi connectivity index (χ1n) is 10.4. The number of para-hydroxylation sites is 1. The van der Waals surface area contributed by atoms with Crippen molar-refractivity contribution in [1.29, 1.82) is 5.26 Å². The molecule has 0 aliphatic carbocycles. The van der Waals surface area contributed by atoms with Crippen LogP contribution in [0.2, 0.25) is 0 Å². The van der Waals surface area contributed by atoms with Crippen LogP contribution in [0.25, 0.3) is 0 Å². The molecule has 0 atom stereocenters. The Balaban J connectivity index is 1.66. The van der Waals surface area contributed by atoms with Gasteiger partial charge in [-0.15, -0.1) is 11.8 Å². The van der Waals surface area contributed by atoms with E-state index >= 15 is 0 Å². The second-order valence-corrected chi connectivity index (χ2v) is 8.53. The van der Waals surface area contributed by atoms with E-state index in [1.54, 1.807) is 36.0 Å². The molecule has 0 fully saturated rings. The van der Waals surface area contributed by atoms with E-state index in [1.807, 2.05) is 55.0 Å². The Morgan fingerprint density at radius 2 is 1.82 bits per heavy atom. The number of amides is 2. The van der Waals surface area contributed by atoms with E-state index in [9.17, 15) is 14.9 Å². The third kappa shape index (κ3) is 5.86. The Kier molecular flexibility index (Phi) is 7.98. The molecule has 8 nitrogen and oxygen atoms in total. The topological polar surface area (TPSA) is 103 Å². The van der Waals surface area contributed by atoms with Crippen molar-refractivity contribution in [3.8, 4) is 6.07 Å². The molecule has 2 N–H and O–H groups in total. The summed E-state index contributed by atoms with van der Waals surface area (Å²) in [4.78, 5) is 27.8. The van der Waals surface area contributed by atoms with Crippen LogP contribution in [-0.2, 0) is 16.1 Å². The third-order valence-corrected chi connectivity index (χ3v) is 6.10. The van der Waals surface area contributed by atoms with Gasteiger partial charge in [0.15, 0.2) is 0 Å². The number of nitrogens with one attached hydrogen (secondary N) is 2. The van der Waals surface area contributed by atoms with Crippen LogP contribution >= 0.6 is 11.8 Å². The number of anilines is 2. The van der Waals surface area contributed by atoms with Crippen LogP contribution < -0.4 is 10.6 Å². The Labute approximate surface area is 197 Å². The lowest BCUT2D eigenvalue weighted by atomic mass is 10.2. The number of benzene rings is 1. The minimum atomic E-state index is -0.315. The second kappa shape index (κ2) is 10.9. The quantitative estimate of drug-likeness (QED) is 0.465. The van der Waals surface area contributed by atoms with Crippen LogP contribution in [0.4, 0.5) is 11.5 Å².